The molecule has 0 atom stereocenters. The van der Waals surface area contributed by atoms with Gasteiger partial charge >= 0.3 is 0 Å². The summed E-state index contributed by atoms with van der Waals surface area (Å²) in [5.41, 5.74) is 4.76. The second-order valence-corrected chi connectivity index (χ2v) is 7.94. The Morgan fingerprint density at radius 1 is 1.30 bits per heavy atom. The molecule has 0 aliphatic carbocycles. The predicted octanol–water partition coefficient (Wildman–Crippen LogP) is 3.37. The van der Waals surface area contributed by atoms with Crippen LogP contribution in [0.25, 0.3) is 11.3 Å². The van der Waals surface area contributed by atoms with Gasteiger partial charge in [0.15, 0.2) is 0 Å². The van der Waals surface area contributed by atoms with Crippen molar-refractivity contribution in [1.82, 2.24) is 30.2 Å². The number of hydrogen-bond donors (Lipinski definition) is 1. The highest BCUT2D eigenvalue weighted by atomic mass is 16.5. The monoisotopic (exact) mass is 408 g/mol. The van der Waals surface area contributed by atoms with Gasteiger partial charge in [-0.1, -0.05) is 12.1 Å². The molecule has 0 radical (unpaired) electrons. The molecular formula is C22H28N6O2. The highest BCUT2D eigenvalue weighted by Gasteiger charge is 2.28. The molecular weight excluding hydrogens is 380 g/mol. The van der Waals surface area contributed by atoms with Crippen LogP contribution >= 0.6 is 0 Å². The van der Waals surface area contributed by atoms with Crippen LogP contribution < -0.4 is 0 Å². The van der Waals surface area contributed by atoms with Gasteiger partial charge in [-0.2, -0.15) is 5.10 Å². The van der Waals surface area contributed by atoms with E-state index in [-0.39, 0.29) is 5.91 Å². The largest absolute Gasteiger partial charge is 0.361 e. The van der Waals surface area contributed by atoms with Crippen LogP contribution in [0.1, 0.15) is 60.6 Å². The second kappa shape index (κ2) is 8.77. The van der Waals surface area contributed by atoms with Crippen molar-refractivity contribution < 1.29 is 9.32 Å². The van der Waals surface area contributed by atoms with E-state index in [1.165, 1.54) is 0 Å². The minimum absolute atomic E-state index is 0.132. The van der Waals surface area contributed by atoms with E-state index in [0.29, 0.717) is 12.3 Å². The summed E-state index contributed by atoms with van der Waals surface area (Å²) in [6.07, 6.45) is 7.70. The highest BCUT2D eigenvalue weighted by molar-refractivity contribution is 5.79. The summed E-state index contributed by atoms with van der Waals surface area (Å²) in [5.74, 6) is 2.05. The van der Waals surface area contributed by atoms with Gasteiger partial charge in [-0.25, -0.2) is 9.97 Å². The zero-order valence-electron chi connectivity index (χ0n) is 17.8. The van der Waals surface area contributed by atoms with Gasteiger partial charge < -0.3 is 9.42 Å². The summed E-state index contributed by atoms with van der Waals surface area (Å²) in [6.45, 7) is 7.32. The first-order valence-corrected chi connectivity index (χ1v) is 10.6. The maximum Gasteiger partial charge on any atom is 0.227 e. The molecule has 0 unspecified atom stereocenters. The van der Waals surface area contributed by atoms with E-state index in [1.807, 2.05) is 37.2 Å². The number of amides is 1. The minimum Gasteiger partial charge on any atom is -0.361 e. The molecule has 8 heteroatoms. The summed E-state index contributed by atoms with van der Waals surface area (Å²) in [7, 11) is 0. The van der Waals surface area contributed by atoms with Crippen LogP contribution in [-0.2, 0) is 17.6 Å². The fourth-order valence-electron chi connectivity index (χ4n) is 4.14. The summed E-state index contributed by atoms with van der Waals surface area (Å²) < 4.78 is 5.19. The minimum atomic E-state index is 0.132. The van der Waals surface area contributed by atoms with Crippen LogP contribution in [0.2, 0.25) is 0 Å². The number of hydrogen-bond acceptors (Lipinski definition) is 6. The Morgan fingerprint density at radius 3 is 2.80 bits per heavy atom. The Labute approximate surface area is 176 Å². The van der Waals surface area contributed by atoms with Crippen molar-refractivity contribution >= 4 is 5.91 Å². The molecule has 3 aromatic heterocycles. The van der Waals surface area contributed by atoms with Gasteiger partial charge in [-0.05, 0) is 39.2 Å². The summed E-state index contributed by atoms with van der Waals surface area (Å²) in [4.78, 5) is 23.8. The number of likely N-dealkylation sites (tertiary alicyclic amines) is 1. The molecule has 0 spiro atoms. The zero-order chi connectivity index (χ0) is 21.1. The van der Waals surface area contributed by atoms with E-state index in [0.717, 1.165) is 78.6 Å². The number of nitrogens with zero attached hydrogens (tertiary/aromatic N) is 5. The summed E-state index contributed by atoms with van der Waals surface area (Å²) in [6, 6.07) is 1.94. The topological polar surface area (TPSA) is 101 Å². The lowest BCUT2D eigenvalue weighted by molar-refractivity contribution is -0.131. The molecule has 3 aromatic rings. The quantitative estimate of drug-likeness (QED) is 0.671. The average Bonchev–Trinajstić information content (AvgIpc) is 3.37. The number of carbonyl (C=O) groups is 1. The zero-order valence-corrected chi connectivity index (χ0v) is 17.8. The summed E-state index contributed by atoms with van der Waals surface area (Å²) in [5, 5.41) is 11.4. The van der Waals surface area contributed by atoms with Crippen LogP contribution in [0.5, 0.6) is 0 Å². The van der Waals surface area contributed by atoms with Crippen LogP contribution in [0.4, 0.5) is 0 Å². The van der Waals surface area contributed by atoms with Crippen LogP contribution in [0.3, 0.4) is 0 Å². The Kier molecular flexibility index (Phi) is 5.92. The molecule has 0 bridgehead atoms. The molecule has 4 heterocycles. The predicted molar refractivity (Wildman–Crippen MR) is 112 cm³/mol. The van der Waals surface area contributed by atoms with Gasteiger partial charge in [0.2, 0.25) is 5.91 Å². The Bertz CT molecular complexity index is 997. The molecule has 0 saturated carbocycles. The lowest BCUT2D eigenvalue weighted by Gasteiger charge is -2.32. The Balaban J connectivity index is 1.42. The molecule has 1 saturated heterocycles. The molecule has 1 N–H and O–H groups in total. The second-order valence-electron chi connectivity index (χ2n) is 7.94. The van der Waals surface area contributed by atoms with Gasteiger partial charge in [0.05, 0.1) is 24.0 Å². The maximum absolute atomic E-state index is 12.8. The van der Waals surface area contributed by atoms with Crippen molar-refractivity contribution in [1.29, 1.82) is 0 Å². The number of H-pyrrole nitrogens is 1. The van der Waals surface area contributed by atoms with Gasteiger partial charge in [0.1, 0.15) is 11.6 Å². The number of aryl methyl sites for hydroxylation is 3. The van der Waals surface area contributed by atoms with E-state index in [4.69, 9.17) is 9.51 Å². The van der Waals surface area contributed by atoms with Gasteiger partial charge in [-0.15, -0.1) is 0 Å². The molecule has 1 aliphatic rings. The smallest absolute Gasteiger partial charge is 0.227 e. The molecule has 4 rings (SSSR count). The third kappa shape index (κ3) is 4.13. The molecule has 1 aliphatic heterocycles. The van der Waals surface area contributed by atoms with Crippen molar-refractivity contribution in [2.75, 3.05) is 13.1 Å². The van der Waals surface area contributed by atoms with Crippen molar-refractivity contribution in [3.63, 3.8) is 0 Å². The van der Waals surface area contributed by atoms with E-state index < -0.39 is 0 Å². The SMILES string of the molecule is CCCc1nccc(-c2cn[nH]c2C2CCN(C(=O)Cc3c(C)noc3C)CC2)n1. The van der Waals surface area contributed by atoms with Crippen molar-refractivity contribution in [2.24, 2.45) is 0 Å². The fraction of sp³-hybridized carbons (Fsp3) is 0.500. The molecule has 8 nitrogen and oxygen atoms in total. The van der Waals surface area contributed by atoms with Gasteiger partial charge in [0, 0.05) is 48.4 Å². The molecule has 1 amide bonds. The third-order valence-corrected chi connectivity index (χ3v) is 5.89. The van der Waals surface area contributed by atoms with E-state index >= 15 is 0 Å². The van der Waals surface area contributed by atoms with Crippen molar-refractivity contribution in [3.05, 3.63) is 47.0 Å². The number of piperidine rings is 1. The number of carbonyl (C=O) groups excluding carboxylic acids is 1. The number of rotatable bonds is 6. The van der Waals surface area contributed by atoms with E-state index in [1.54, 1.807) is 0 Å². The van der Waals surface area contributed by atoms with Crippen molar-refractivity contribution in [3.8, 4) is 11.3 Å². The standard InChI is InChI=1S/C22H28N6O2/c1-4-5-20-23-9-6-19(25-20)18-13-24-26-22(18)16-7-10-28(11-8-16)21(29)12-17-14(2)27-30-15(17)3/h6,9,13,16H,4-5,7-8,10-12H2,1-3H3,(H,24,26). The lowest BCUT2D eigenvalue weighted by Crippen LogP contribution is -2.39. The van der Waals surface area contributed by atoms with Crippen LogP contribution in [0, 0.1) is 13.8 Å². The molecule has 1 fully saturated rings. The number of nitrogens with one attached hydrogen (secondary N) is 1. The van der Waals surface area contributed by atoms with Crippen molar-refractivity contribution in [2.45, 2.75) is 58.8 Å². The molecule has 0 aromatic carbocycles. The first-order chi connectivity index (χ1) is 14.6. The van der Waals surface area contributed by atoms with E-state index in [2.05, 4.69) is 27.3 Å². The Hall–Kier alpha value is -3.03. The van der Waals surface area contributed by atoms with Gasteiger partial charge in [-0.3, -0.25) is 9.89 Å². The number of aromatic amines is 1. The summed E-state index contributed by atoms with van der Waals surface area (Å²) >= 11 is 0. The lowest BCUT2D eigenvalue weighted by atomic mass is 9.90. The first kappa shape index (κ1) is 20.3. The number of aromatic nitrogens is 5. The van der Waals surface area contributed by atoms with E-state index in [9.17, 15) is 4.79 Å². The normalized spacial score (nSPS) is 15.0. The van der Waals surface area contributed by atoms with Crippen LogP contribution in [0.15, 0.2) is 23.0 Å². The maximum atomic E-state index is 12.8. The third-order valence-electron chi connectivity index (χ3n) is 5.89. The average molecular weight is 409 g/mol. The first-order valence-electron chi connectivity index (χ1n) is 10.6. The van der Waals surface area contributed by atoms with Gasteiger partial charge in [0.25, 0.3) is 0 Å². The fourth-order valence-corrected chi connectivity index (χ4v) is 4.14. The molecule has 158 valence electrons. The highest BCUT2D eigenvalue weighted by Crippen LogP contribution is 2.33. The van der Waals surface area contributed by atoms with Crippen LogP contribution in [-0.4, -0.2) is 49.2 Å². The molecule has 30 heavy (non-hydrogen) atoms. The Morgan fingerprint density at radius 2 is 2.10 bits per heavy atom.